The Bertz CT molecular complexity index is 2690. The molecule has 2 aliphatic rings. The molecular weight excluding hydrogens is 1090 g/mol. The highest BCUT2D eigenvalue weighted by molar-refractivity contribution is 7.99. The second-order valence-corrected chi connectivity index (χ2v) is 17.4. The number of para-hydroxylation sites is 3. The maximum Gasteiger partial charge on any atom is 0.310 e. The minimum atomic E-state index is -0.473. The largest absolute Gasteiger partial charge is 0.497 e. The standard InChI is InChI=1S/C9H7NO3.C8H6Cl4O.C8H10O.C7H7NO3.C7H7NO2S.C7H8S.C5H7NO3.CH4/c1-13-10-8(11)6-4-2-3-5-7(6)9(10)12;1-3-4(9)6(11)8(13-2)7(12)5(3)10;1-7-3-5-8(9-2)6-4-7;2*1-11-7-5-3-2-4-6(7)8(9)10;1-8-7-5-3-2-4-6-7;1-9-6-4(7)2-3-5(6)8;/h2-5H,1H3;1-2H3;3-6H,1-2H3;2*2-5H,1H3;2-6H,1H3;2-3H2,1H3;1H4. The second-order valence-electron chi connectivity index (χ2n) is 14.2. The molecule has 75 heavy (non-hydrogen) atoms. The summed E-state index contributed by atoms with van der Waals surface area (Å²) in [6.45, 7) is 3.79. The summed E-state index contributed by atoms with van der Waals surface area (Å²) < 4.78 is 14.7. The molecule has 6 aromatic carbocycles. The van der Waals surface area contributed by atoms with Gasteiger partial charge < -0.3 is 14.2 Å². The Balaban J connectivity index is 0.000000439. The van der Waals surface area contributed by atoms with Gasteiger partial charge in [-0.2, -0.15) is 5.06 Å². The fourth-order valence-corrected chi connectivity index (χ4v) is 7.87. The number of methoxy groups -OCH3 is 3. The molecule has 6 aromatic rings. The summed E-state index contributed by atoms with van der Waals surface area (Å²) in [6.07, 6.45) is 4.47. The lowest BCUT2D eigenvalue weighted by molar-refractivity contribution is -0.387. The van der Waals surface area contributed by atoms with Gasteiger partial charge in [0.1, 0.15) is 15.8 Å². The fourth-order valence-electron chi connectivity index (χ4n) is 5.79. The van der Waals surface area contributed by atoms with Gasteiger partial charge in [0.2, 0.25) is 0 Å². The topological polar surface area (TPSA) is 207 Å². The van der Waals surface area contributed by atoms with Crippen molar-refractivity contribution in [3.63, 3.8) is 0 Å². The monoisotopic (exact) mass is 1150 g/mol. The van der Waals surface area contributed by atoms with Crippen LogP contribution in [0.3, 0.4) is 0 Å². The van der Waals surface area contributed by atoms with E-state index < -0.39 is 16.7 Å². The number of thioether (sulfide) groups is 2. The lowest BCUT2D eigenvalue weighted by Gasteiger charge is -2.11. The van der Waals surface area contributed by atoms with E-state index >= 15 is 0 Å². The molecular formula is C52H56Cl4N4O13S2. The minimum Gasteiger partial charge on any atom is -0.497 e. The van der Waals surface area contributed by atoms with Gasteiger partial charge in [-0.3, -0.25) is 49.1 Å². The molecule has 0 aliphatic carbocycles. The molecule has 8 rings (SSSR count). The third kappa shape index (κ3) is 20.3. The maximum absolute atomic E-state index is 11.4. The normalized spacial score (nSPS) is 11.5. The molecule has 0 radical (unpaired) electrons. The summed E-state index contributed by atoms with van der Waals surface area (Å²) in [7, 11) is 7.13. The fraction of sp³-hybridized carbons (Fsp3) is 0.231. The zero-order valence-electron chi connectivity index (χ0n) is 41.5. The van der Waals surface area contributed by atoms with Crippen molar-refractivity contribution in [2.75, 3.05) is 48.1 Å². The molecule has 1 saturated heterocycles. The van der Waals surface area contributed by atoms with Gasteiger partial charge >= 0.3 is 5.69 Å². The summed E-state index contributed by atoms with van der Waals surface area (Å²) in [6, 6.07) is 37.9. The number of hydrogen-bond donors (Lipinski definition) is 0. The number of halogens is 4. The Kier molecular flexibility index (Phi) is 31.0. The van der Waals surface area contributed by atoms with E-state index in [0.29, 0.717) is 37.4 Å². The van der Waals surface area contributed by atoms with Crippen molar-refractivity contribution in [2.45, 2.75) is 43.9 Å². The molecule has 0 unspecified atom stereocenters. The first-order valence-electron chi connectivity index (χ1n) is 21.3. The number of nitrogens with zero attached hydrogens (tertiary/aromatic N) is 4. The molecule has 23 heteroatoms. The van der Waals surface area contributed by atoms with E-state index in [-0.39, 0.29) is 64.2 Å². The number of imide groups is 2. The van der Waals surface area contributed by atoms with Gasteiger partial charge in [-0.15, -0.1) is 28.6 Å². The smallest absolute Gasteiger partial charge is 0.310 e. The number of ether oxygens (including phenoxy) is 3. The number of carbonyl (C=O) groups excluding carboxylic acids is 4. The minimum absolute atomic E-state index is 0. The number of rotatable bonds is 9. The van der Waals surface area contributed by atoms with Gasteiger partial charge in [-0.1, -0.05) is 126 Å². The molecule has 0 spiro atoms. The Labute approximate surface area is 464 Å². The van der Waals surface area contributed by atoms with Gasteiger partial charge in [0.05, 0.1) is 71.5 Å². The molecule has 402 valence electrons. The first-order valence-corrected chi connectivity index (χ1v) is 25.3. The molecule has 2 heterocycles. The molecule has 2 aliphatic heterocycles. The summed E-state index contributed by atoms with van der Waals surface area (Å²) in [5, 5.41) is 23.5. The van der Waals surface area contributed by atoms with Gasteiger partial charge in [0.25, 0.3) is 29.3 Å². The van der Waals surface area contributed by atoms with Crippen LogP contribution in [0.2, 0.25) is 20.1 Å². The number of nitro benzene ring substituents is 2. The molecule has 1 fully saturated rings. The van der Waals surface area contributed by atoms with E-state index in [2.05, 4.69) is 35.0 Å². The number of fused-ring (bicyclic) bond motifs is 1. The molecule has 0 atom stereocenters. The SMILES string of the molecule is C.CON1C(=O)CCC1=O.CON1C(=O)c2ccccc2C1=O.COc1c(Cl)c(Cl)c(C)c(Cl)c1Cl.COc1ccc(C)cc1.COc1ccccc1[N+](=O)[O-].CSc1ccccc1.CSc1ccccc1[N+](=O)[O-]. The van der Waals surface area contributed by atoms with E-state index in [9.17, 15) is 39.4 Å². The van der Waals surface area contributed by atoms with E-state index in [1.54, 1.807) is 86.5 Å². The molecule has 0 aromatic heterocycles. The van der Waals surface area contributed by atoms with Crippen LogP contribution in [-0.4, -0.2) is 91.7 Å². The predicted molar refractivity (Wildman–Crippen MR) is 297 cm³/mol. The summed E-state index contributed by atoms with van der Waals surface area (Å²) in [5.41, 5.74) is 2.88. The number of nitro groups is 2. The summed E-state index contributed by atoms with van der Waals surface area (Å²) >= 11 is 26.7. The van der Waals surface area contributed by atoms with Crippen molar-refractivity contribution < 1.29 is 52.9 Å². The average Bonchev–Trinajstić information content (AvgIpc) is 3.89. The zero-order chi connectivity index (χ0) is 55.5. The van der Waals surface area contributed by atoms with Crippen molar-refractivity contribution in [2.24, 2.45) is 0 Å². The van der Waals surface area contributed by atoms with E-state index in [1.165, 1.54) is 62.8 Å². The molecule has 4 amide bonds. The van der Waals surface area contributed by atoms with E-state index in [0.717, 1.165) is 15.9 Å². The number of aryl methyl sites for hydroxylation is 1. The number of amides is 4. The third-order valence-corrected chi connectivity index (χ3v) is 13.0. The average molecular weight is 1150 g/mol. The predicted octanol–water partition coefficient (Wildman–Crippen LogP) is 14.1. The van der Waals surface area contributed by atoms with Gasteiger partial charge in [-0.25, -0.2) is 0 Å². The number of benzene rings is 6. The second kappa shape index (κ2) is 35.0. The number of hydrogen-bond acceptors (Lipinski definition) is 15. The van der Waals surface area contributed by atoms with Crippen molar-refractivity contribution in [3.05, 3.63) is 190 Å². The van der Waals surface area contributed by atoms with E-state index in [1.807, 2.05) is 48.7 Å². The van der Waals surface area contributed by atoms with Crippen LogP contribution in [0.5, 0.6) is 17.2 Å². The van der Waals surface area contributed by atoms with E-state index in [4.69, 9.17) is 60.6 Å². The van der Waals surface area contributed by atoms with Crippen LogP contribution in [-0.2, 0) is 19.3 Å². The number of carbonyl (C=O) groups is 4. The van der Waals surface area contributed by atoms with Crippen LogP contribution in [0.4, 0.5) is 11.4 Å². The van der Waals surface area contributed by atoms with Crippen LogP contribution in [0.25, 0.3) is 0 Å². The maximum atomic E-state index is 11.4. The Hall–Kier alpha value is -6.42. The van der Waals surface area contributed by atoms with Gasteiger partial charge in [0, 0.05) is 29.9 Å². The first kappa shape index (κ1) is 66.6. The van der Waals surface area contributed by atoms with Crippen LogP contribution < -0.4 is 14.2 Å². The molecule has 0 saturated carbocycles. The van der Waals surface area contributed by atoms with Crippen molar-refractivity contribution >= 4 is 105 Å². The van der Waals surface area contributed by atoms with Crippen LogP contribution in [0.1, 0.15) is 52.1 Å². The highest BCUT2D eigenvalue weighted by Crippen LogP contribution is 2.45. The summed E-state index contributed by atoms with van der Waals surface area (Å²) in [5.74, 6) is 0.221. The van der Waals surface area contributed by atoms with Crippen LogP contribution >= 0.6 is 69.9 Å². The molecule has 0 N–H and O–H groups in total. The highest BCUT2D eigenvalue weighted by atomic mass is 35.5. The molecule has 0 bridgehead atoms. The third-order valence-electron chi connectivity index (χ3n) is 9.57. The van der Waals surface area contributed by atoms with Crippen LogP contribution in [0.15, 0.2) is 137 Å². The van der Waals surface area contributed by atoms with Crippen molar-refractivity contribution in [1.29, 1.82) is 0 Å². The van der Waals surface area contributed by atoms with Crippen LogP contribution in [0, 0.1) is 34.1 Å². The quantitative estimate of drug-likeness (QED) is 0.0434. The lowest BCUT2D eigenvalue weighted by atomic mass is 10.1. The van der Waals surface area contributed by atoms with Crippen molar-refractivity contribution in [3.8, 4) is 17.2 Å². The number of hydroxylamine groups is 4. The first-order chi connectivity index (χ1) is 35.3. The highest BCUT2D eigenvalue weighted by Gasteiger charge is 2.35. The Morgan fingerprint density at radius 1 is 0.520 bits per heavy atom. The van der Waals surface area contributed by atoms with Gasteiger partial charge in [0.15, 0.2) is 11.5 Å². The van der Waals surface area contributed by atoms with Crippen molar-refractivity contribution in [1.82, 2.24) is 10.1 Å². The zero-order valence-corrected chi connectivity index (χ0v) is 46.1. The Morgan fingerprint density at radius 3 is 1.32 bits per heavy atom. The Morgan fingerprint density at radius 2 is 0.960 bits per heavy atom. The lowest BCUT2D eigenvalue weighted by Crippen LogP contribution is -2.28. The van der Waals surface area contributed by atoms with Gasteiger partial charge in [-0.05, 0) is 80.5 Å². The summed E-state index contributed by atoms with van der Waals surface area (Å²) in [4.78, 5) is 75.0. The molecule has 17 nitrogen and oxygen atoms in total.